The van der Waals surface area contributed by atoms with Crippen LogP contribution in [0.15, 0.2) is 73.8 Å². The van der Waals surface area contributed by atoms with Gasteiger partial charge in [0.15, 0.2) is 5.17 Å². The highest BCUT2D eigenvalue weighted by atomic mass is 35.5. The first-order chi connectivity index (χ1) is 12.2. The van der Waals surface area contributed by atoms with Crippen molar-refractivity contribution in [2.75, 3.05) is 0 Å². The molecular weight excluding hydrogens is 379 g/mol. The molecule has 0 saturated heterocycles. The third kappa shape index (κ3) is 3.54. The molecular formula is C18H12Cl2N2O2S. The first kappa shape index (κ1) is 16.5. The Labute approximate surface area is 158 Å². The quantitative estimate of drug-likeness (QED) is 0.501. The number of amidine groups is 1. The lowest BCUT2D eigenvalue weighted by atomic mass is 10.1. The van der Waals surface area contributed by atoms with E-state index >= 15 is 0 Å². The number of hydrogen-bond acceptors (Lipinski definition) is 5. The Balaban J connectivity index is 1.61. The average molecular weight is 391 g/mol. The molecule has 0 N–H and O–H groups in total. The number of benzene rings is 1. The number of halogens is 2. The standard InChI is InChI=1S/C18H12Cl2N2O2S/c19-12-6-5-11(13(20)9-12)10-21-18-22-16(14-3-1-7-23-14)17(25-18)15-4-2-8-24-15/h1-10,16-17H/t16-,17-/m1/s1. The van der Waals surface area contributed by atoms with E-state index in [4.69, 9.17) is 32.0 Å². The van der Waals surface area contributed by atoms with Crippen molar-refractivity contribution in [3.05, 3.63) is 82.1 Å². The smallest absolute Gasteiger partial charge is 0.184 e. The molecule has 2 atom stereocenters. The van der Waals surface area contributed by atoms with Crippen molar-refractivity contribution in [2.45, 2.75) is 11.3 Å². The summed E-state index contributed by atoms with van der Waals surface area (Å²) in [4.78, 5) is 9.17. The second-order valence-electron chi connectivity index (χ2n) is 5.35. The molecule has 7 heteroatoms. The van der Waals surface area contributed by atoms with E-state index < -0.39 is 0 Å². The number of nitrogens with zero attached hydrogens (tertiary/aromatic N) is 2. The molecule has 1 aliphatic rings. The highest BCUT2D eigenvalue weighted by Gasteiger charge is 2.36. The minimum absolute atomic E-state index is 0.0195. The van der Waals surface area contributed by atoms with E-state index in [1.165, 1.54) is 11.8 Å². The van der Waals surface area contributed by atoms with Gasteiger partial charge in [0.25, 0.3) is 0 Å². The van der Waals surface area contributed by atoms with Crippen molar-refractivity contribution in [1.29, 1.82) is 0 Å². The van der Waals surface area contributed by atoms with Crippen LogP contribution in [0.4, 0.5) is 0 Å². The zero-order valence-corrected chi connectivity index (χ0v) is 15.1. The summed E-state index contributed by atoms with van der Waals surface area (Å²) in [6.45, 7) is 0. The van der Waals surface area contributed by atoms with E-state index in [-0.39, 0.29) is 11.3 Å². The molecule has 126 valence electrons. The second kappa shape index (κ2) is 7.12. The molecule has 0 unspecified atom stereocenters. The molecule has 2 aromatic heterocycles. The summed E-state index contributed by atoms with van der Waals surface area (Å²) >= 11 is 13.6. The van der Waals surface area contributed by atoms with E-state index in [0.717, 1.165) is 17.1 Å². The normalized spacial score (nSPS) is 20.3. The van der Waals surface area contributed by atoms with Gasteiger partial charge in [-0.15, -0.1) is 0 Å². The van der Waals surface area contributed by atoms with Crippen LogP contribution in [0.2, 0.25) is 10.0 Å². The van der Waals surface area contributed by atoms with Gasteiger partial charge in [-0.25, -0.2) is 9.98 Å². The SMILES string of the molecule is Clc1ccc(C=NC2=N[C@H](c3ccco3)[C@@H](c3ccco3)S2)c(Cl)c1. The van der Waals surface area contributed by atoms with Crippen molar-refractivity contribution < 1.29 is 8.83 Å². The monoisotopic (exact) mass is 390 g/mol. The molecule has 3 aromatic rings. The Kier molecular flexibility index (Phi) is 4.70. The fourth-order valence-electron chi connectivity index (χ4n) is 2.53. The van der Waals surface area contributed by atoms with E-state index in [9.17, 15) is 0 Å². The summed E-state index contributed by atoms with van der Waals surface area (Å²) in [6.07, 6.45) is 4.99. The summed E-state index contributed by atoms with van der Waals surface area (Å²) in [7, 11) is 0. The van der Waals surface area contributed by atoms with Crippen molar-refractivity contribution >= 4 is 46.3 Å². The Morgan fingerprint density at radius 2 is 1.80 bits per heavy atom. The molecule has 25 heavy (non-hydrogen) atoms. The molecule has 1 aromatic carbocycles. The van der Waals surface area contributed by atoms with Gasteiger partial charge in [0.1, 0.15) is 22.8 Å². The van der Waals surface area contributed by atoms with Crippen LogP contribution in [0.5, 0.6) is 0 Å². The van der Waals surface area contributed by atoms with Crippen LogP contribution in [0.1, 0.15) is 28.4 Å². The summed E-state index contributed by atoms with van der Waals surface area (Å²) in [5, 5.41) is 1.76. The molecule has 0 amide bonds. The molecule has 0 aliphatic carbocycles. The fraction of sp³-hybridized carbons (Fsp3) is 0.111. The maximum atomic E-state index is 6.18. The Bertz CT molecular complexity index is 921. The molecule has 0 radical (unpaired) electrons. The molecule has 1 aliphatic heterocycles. The van der Waals surface area contributed by atoms with Crippen molar-refractivity contribution in [3.63, 3.8) is 0 Å². The van der Waals surface area contributed by atoms with Crippen LogP contribution < -0.4 is 0 Å². The number of furan rings is 2. The van der Waals surface area contributed by atoms with Crippen LogP contribution in [-0.4, -0.2) is 11.4 Å². The number of rotatable bonds is 3. The van der Waals surface area contributed by atoms with Crippen molar-refractivity contribution in [2.24, 2.45) is 9.98 Å². The zero-order chi connectivity index (χ0) is 17.2. The predicted octanol–water partition coefficient (Wildman–Crippen LogP) is 6.18. The molecule has 0 fully saturated rings. The van der Waals surface area contributed by atoms with E-state index in [2.05, 4.69) is 9.98 Å². The van der Waals surface area contributed by atoms with Gasteiger partial charge in [0, 0.05) is 16.8 Å². The predicted molar refractivity (Wildman–Crippen MR) is 102 cm³/mol. The van der Waals surface area contributed by atoms with Crippen molar-refractivity contribution in [3.8, 4) is 0 Å². The molecule has 3 heterocycles. The number of hydrogen-bond donors (Lipinski definition) is 0. The summed E-state index contributed by atoms with van der Waals surface area (Å²) in [5.74, 6) is 1.62. The lowest BCUT2D eigenvalue weighted by molar-refractivity contribution is 0.432. The third-order valence-electron chi connectivity index (χ3n) is 3.70. The van der Waals surface area contributed by atoms with Gasteiger partial charge in [-0.05, 0) is 36.4 Å². The zero-order valence-electron chi connectivity index (χ0n) is 12.8. The largest absolute Gasteiger partial charge is 0.468 e. The molecule has 4 nitrogen and oxygen atoms in total. The topological polar surface area (TPSA) is 51.0 Å². The minimum atomic E-state index is -0.181. The summed E-state index contributed by atoms with van der Waals surface area (Å²) < 4.78 is 11.1. The first-order valence-corrected chi connectivity index (χ1v) is 9.14. The van der Waals surface area contributed by atoms with Gasteiger partial charge < -0.3 is 8.83 Å². The third-order valence-corrected chi connectivity index (χ3v) is 5.43. The van der Waals surface area contributed by atoms with E-state index in [1.54, 1.807) is 30.9 Å². The lowest BCUT2D eigenvalue weighted by Crippen LogP contribution is -1.99. The van der Waals surface area contributed by atoms with Gasteiger partial charge in [-0.2, -0.15) is 0 Å². The fourth-order valence-corrected chi connectivity index (χ4v) is 4.08. The molecule has 0 saturated carbocycles. The van der Waals surface area contributed by atoms with E-state index in [1.807, 2.05) is 30.3 Å². The van der Waals surface area contributed by atoms with Crippen LogP contribution >= 0.6 is 35.0 Å². The minimum Gasteiger partial charge on any atom is -0.468 e. The first-order valence-electron chi connectivity index (χ1n) is 7.51. The molecule has 4 rings (SSSR count). The highest BCUT2D eigenvalue weighted by molar-refractivity contribution is 8.14. The molecule has 0 spiro atoms. The van der Waals surface area contributed by atoms with Crippen LogP contribution in [0.25, 0.3) is 0 Å². The lowest BCUT2D eigenvalue weighted by Gasteiger charge is -2.11. The van der Waals surface area contributed by atoms with Crippen LogP contribution in [0, 0.1) is 0 Å². The molecule has 0 bridgehead atoms. The Morgan fingerprint density at radius 1 is 1.04 bits per heavy atom. The Morgan fingerprint density at radius 3 is 2.48 bits per heavy atom. The summed E-state index contributed by atoms with van der Waals surface area (Å²) in [5.41, 5.74) is 0.783. The Hall–Kier alpha value is -1.95. The maximum Gasteiger partial charge on any atom is 0.184 e. The van der Waals surface area contributed by atoms with Crippen molar-refractivity contribution in [1.82, 2.24) is 0 Å². The summed E-state index contributed by atoms with van der Waals surface area (Å²) in [6, 6.07) is 12.7. The van der Waals surface area contributed by atoms with Gasteiger partial charge >= 0.3 is 0 Å². The number of aliphatic imine (C=N–C) groups is 2. The van der Waals surface area contributed by atoms with Gasteiger partial charge in [-0.3, -0.25) is 0 Å². The van der Waals surface area contributed by atoms with E-state index in [0.29, 0.717) is 15.2 Å². The second-order valence-corrected chi connectivity index (χ2v) is 7.30. The van der Waals surface area contributed by atoms with Crippen LogP contribution in [0.3, 0.4) is 0 Å². The van der Waals surface area contributed by atoms with Gasteiger partial charge in [0.2, 0.25) is 0 Å². The maximum absolute atomic E-state index is 6.18. The average Bonchev–Trinajstić information content (AvgIpc) is 3.34. The number of thioether (sulfide) groups is 1. The highest BCUT2D eigenvalue weighted by Crippen LogP contribution is 2.48. The van der Waals surface area contributed by atoms with Gasteiger partial charge in [0.05, 0.1) is 17.5 Å². The van der Waals surface area contributed by atoms with Gasteiger partial charge in [-0.1, -0.05) is 41.0 Å². The van der Waals surface area contributed by atoms with Crippen LogP contribution in [-0.2, 0) is 0 Å².